The van der Waals surface area contributed by atoms with E-state index in [0.717, 1.165) is 27.0 Å². The standard InChI is InChI=1S/C16H20Br2N2O/c17-11-5-3-6-12(18)15(11)20-16(21)14-9-8-10-4-1-2-7-13(10)19-14/h3,5-6,10,13-14,19H,1-2,4,7-9H2,(H,20,21). The van der Waals surface area contributed by atoms with Crippen molar-refractivity contribution in [1.82, 2.24) is 5.32 Å². The molecule has 3 rings (SSSR count). The minimum absolute atomic E-state index is 0.0663. The van der Waals surface area contributed by atoms with Crippen LogP contribution in [0.1, 0.15) is 38.5 Å². The maximum Gasteiger partial charge on any atom is 0.241 e. The third kappa shape index (κ3) is 3.51. The monoisotopic (exact) mass is 414 g/mol. The summed E-state index contributed by atoms with van der Waals surface area (Å²) < 4.78 is 1.80. The van der Waals surface area contributed by atoms with Gasteiger partial charge >= 0.3 is 0 Å². The highest BCUT2D eigenvalue weighted by Crippen LogP contribution is 2.34. The Kier molecular flexibility index (Phi) is 5.02. The predicted octanol–water partition coefficient (Wildman–Crippen LogP) is 4.46. The van der Waals surface area contributed by atoms with Gasteiger partial charge in [-0.05, 0) is 75.6 Å². The maximum absolute atomic E-state index is 12.5. The van der Waals surface area contributed by atoms with Gasteiger partial charge in [0.25, 0.3) is 0 Å². The molecule has 5 heteroatoms. The highest BCUT2D eigenvalue weighted by atomic mass is 79.9. The summed E-state index contributed by atoms with van der Waals surface area (Å²) >= 11 is 6.98. The van der Waals surface area contributed by atoms with Crippen LogP contribution in [-0.2, 0) is 4.79 Å². The van der Waals surface area contributed by atoms with Crippen LogP contribution in [0.3, 0.4) is 0 Å². The number of carbonyl (C=O) groups excluding carboxylic acids is 1. The maximum atomic E-state index is 12.5. The first-order chi connectivity index (χ1) is 10.1. The Hall–Kier alpha value is -0.390. The number of benzene rings is 1. The molecule has 21 heavy (non-hydrogen) atoms. The van der Waals surface area contributed by atoms with Gasteiger partial charge in [-0.25, -0.2) is 0 Å². The Morgan fingerprint density at radius 2 is 1.81 bits per heavy atom. The Morgan fingerprint density at radius 3 is 2.57 bits per heavy atom. The first-order valence-electron chi connectivity index (χ1n) is 7.66. The van der Waals surface area contributed by atoms with Gasteiger partial charge in [-0.2, -0.15) is 0 Å². The lowest BCUT2D eigenvalue weighted by Crippen LogP contribution is -2.53. The predicted molar refractivity (Wildman–Crippen MR) is 92.4 cm³/mol. The third-order valence-electron chi connectivity index (χ3n) is 4.68. The van der Waals surface area contributed by atoms with Crippen molar-refractivity contribution in [2.45, 2.75) is 50.6 Å². The summed E-state index contributed by atoms with van der Waals surface area (Å²) in [6.45, 7) is 0. The quantitative estimate of drug-likeness (QED) is 0.748. The molecular weight excluding hydrogens is 396 g/mol. The molecule has 1 aromatic carbocycles. The Labute approximate surface area is 142 Å². The number of hydrogen-bond donors (Lipinski definition) is 2. The van der Waals surface area contributed by atoms with Crippen molar-refractivity contribution >= 4 is 43.5 Å². The summed E-state index contributed by atoms with van der Waals surface area (Å²) in [5, 5.41) is 6.62. The number of carbonyl (C=O) groups is 1. The van der Waals surface area contributed by atoms with E-state index in [0.29, 0.717) is 6.04 Å². The van der Waals surface area contributed by atoms with Crippen molar-refractivity contribution in [1.29, 1.82) is 0 Å². The fourth-order valence-electron chi connectivity index (χ4n) is 3.53. The lowest BCUT2D eigenvalue weighted by atomic mass is 9.77. The largest absolute Gasteiger partial charge is 0.323 e. The van der Waals surface area contributed by atoms with Gasteiger partial charge in [-0.3, -0.25) is 4.79 Å². The molecule has 1 saturated heterocycles. The summed E-state index contributed by atoms with van der Waals surface area (Å²) in [5.74, 6) is 0.852. The van der Waals surface area contributed by atoms with E-state index in [1.807, 2.05) is 18.2 Å². The molecule has 1 amide bonds. The lowest BCUT2D eigenvalue weighted by molar-refractivity contribution is -0.119. The van der Waals surface area contributed by atoms with Crippen molar-refractivity contribution in [3.05, 3.63) is 27.1 Å². The Morgan fingerprint density at radius 1 is 1.10 bits per heavy atom. The summed E-state index contributed by atoms with van der Waals surface area (Å²) in [6.07, 6.45) is 7.29. The van der Waals surface area contributed by atoms with Crippen molar-refractivity contribution in [2.75, 3.05) is 5.32 Å². The van der Waals surface area contributed by atoms with Crippen LogP contribution in [0.2, 0.25) is 0 Å². The van der Waals surface area contributed by atoms with E-state index in [4.69, 9.17) is 0 Å². The van der Waals surface area contributed by atoms with Crippen LogP contribution < -0.4 is 10.6 Å². The smallest absolute Gasteiger partial charge is 0.241 e. The first kappa shape index (κ1) is 15.5. The molecule has 3 nitrogen and oxygen atoms in total. The van der Waals surface area contributed by atoms with Crippen LogP contribution >= 0.6 is 31.9 Å². The van der Waals surface area contributed by atoms with Gasteiger partial charge in [0.1, 0.15) is 0 Å². The number of amides is 1. The Balaban J connectivity index is 1.66. The second-order valence-corrected chi connectivity index (χ2v) is 7.74. The van der Waals surface area contributed by atoms with Crippen molar-refractivity contribution < 1.29 is 4.79 Å². The third-order valence-corrected chi connectivity index (χ3v) is 6.00. The molecule has 2 fully saturated rings. The minimum Gasteiger partial charge on any atom is -0.323 e. The number of piperidine rings is 1. The van der Waals surface area contributed by atoms with E-state index in [2.05, 4.69) is 42.5 Å². The zero-order valence-corrected chi connectivity index (χ0v) is 15.0. The van der Waals surface area contributed by atoms with Crippen molar-refractivity contribution in [2.24, 2.45) is 5.92 Å². The van der Waals surface area contributed by atoms with Gasteiger partial charge in [0.05, 0.1) is 11.7 Å². The van der Waals surface area contributed by atoms with Crippen molar-refractivity contribution in [3.63, 3.8) is 0 Å². The van der Waals surface area contributed by atoms with E-state index in [1.165, 1.54) is 32.1 Å². The molecule has 0 aromatic heterocycles. The van der Waals surface area contributed by atoms with Gasteiger partial charge in [-0.15, -0.1) is 0 Å². The van der Waals surface area contributed by atoms with Crippen LogP contribution in [0.25, 0.3) is 0 Å². The van der Waals surface area contributed by atoms with Crippen LogP contribution in [-0.4, -0.2) is 18.0 Å². The summed E-state index contributed by atoms with van der Waals surface area (Å²) in [7, 11) is 0. The summed E-state index contributed by atoms with van der Waals surface area (Å²) in [6, 6.07) is 6.28. The number of hydrogen-bond acceptors (Lipinski definition) is 2. The van der Waals surface area contributed by atoms with E-state index in [1.54, 1.807) is 0 Å². The number of rotatable bonds is 2. The van der Waals surface area contributed by atoms with Gasteiger partial charge < -0.3 is 10.6 Å². The first-order valence-corrected chi connectivity index (χ1v) is 9.24. The molecule has 0 spiro atoms. The second kappa shape index (κ2) is 6.80. The van der Waals surface area contributed by atoms with E-state index < -0.39 is 0 Å². The van der Waals surface area contributed by atoms with E-state index >= 15 is 0 Å². The summed E-state index contributed by atoms with van der Waals surface area (Å²) in [5.41, 5.74) is 0.815. The number of fused-ring (bicyclic) bond motifs is 1. The normalized spacial score (nSPS) is 28.8. The molecule has 2 aliphatic rings. The molecule has 0 radical (unpaired) electrons. The fourth-order valence-corrected chi connectivity index (χ4v) is 4.73. The molecule has 1 aromatic rings. The molecule has 3 atom stereocenters. The topological polar surface area (TPSA) is 41.1 Å². The average molecular weight is 416 g/mol. The van der Waals surface area contributed by atoms with Gasteiger partial charge in [0, 0.05) is 15.0 Å². The zero-order chi connectivity index (χ0) is 14.8. The van der Waals surface area contributed by atoms with Crippen LogP contribution in [0.5, 0.6) is 0 Å². The molecule has 2 N–H and O–H groups in total. The van der Waals surface area contributed by atoms with Crippen LogP contribution in [0, 0.1) is 5.92 Å². The van der Waals surface area contributed by atoms with Gasteiger partial charge in [0.2, 0.25) is 5.91 Å². The molecule has 1 saturated carbocycles. The van der Waals surface area contributed by atoms with E-state index in [-0.39, 0.29) is 11.9 Å². The average Bonchev–Trinajstić information content (AvgIpc) is 2.50. The number of nitrogens with one attached hydrogen (secondary N) is 2. The van der Waals surface area contributed by atoms with Crippen molar-refractivity contribution in [3.8, 4) is 0 Å². The van der Waals surface area contributed by atoms with E-state index in [9.17, 15) is 4.79 Å². The molecule has 1 aliphatic heterocycles. The van der Waals surface area contributed by atoms with Crippen LogP contribution in [0.15, 0.2) is 27.1 Å². The Bertz CT molecular complexity index is 515. The lowest BCUT2D eigenvalue weighted by Gasteiger charge is -2.39. The highest BCUT2D eigenvalue weighted by molar-refractivity contribution is 9.11. The summed E-state index contributed by atoms with van der Waals surface area (Å²) in [4.78, 5) is 12.5. The SMILES string of the molecule is O=C(Nc1c(Br)cccc1Br)C1CCC2CCCCC2N1. The number of halogens is 2. The molecule has 1 aliphatic carbocycles. The number of anilines is 1. The van der Waals surface area contributed by atoms with Gasteiger partial charge in [0.15, 0.2) is 0 Å². The van der Waals surface area contributed by atoms with Crippen LogP contribution in [0.4, 0.5) is 5.69 Å². The number of para-hydroxylation sites is 1. The molecule has 1 heterocycles. The fraction of sp³-hybridized carbons (Fsp3) is 0.562. The molecule has 0 bridgehead atoms. The minimum atomic E-state index is -0.0663. The molecular formula is C16H20Br2N2O. The van der Waals surface area contributed by atoms with Gasteiger partial charge in [-0.1, -0.05) is 18.9 Å². The second-order valence-electron chi connectivity index (χ2n) is 6.03. The molecule has 114 valence electrons. The zero-order valence-electron chi connectivity index (χ0n) is 11.9. The molecule has 3 unspecified atom stereocenters. The highest BCUT2D eigenvalue weighted by Gasteiger charge is 2.34.